The first-order valence-corrected chi connectivity index (χ1v) is 9.17. The first-order valence-electron chi connectivity index (χ1n) is 9.17. The lowest BCUT2D eigenvalue weighted by molar-refractivity contribution is 0.251. The zero-order valence-corrected chi connectivity index (χ0v) is 14.8. The van der Waals surface area contributed by atoms with Crippen LogP contribution < -0.4 is 4.74 Å². The summed E-state index contributed by atoms with van der Waals surface area (Å²) in [6.07, 6.45) is 9.29. The number of hydrogen-bond donors (Lipinski definition) is 0. The van der Waals surface area contributed by atoms with Crippen molar-refractivity contribution in [1.29, 1.82) is 0 Å². The van der Waals surface area contributed by atoms with E-state index in [0.29, 0.717) is 24.5 Å². The van der Waals surface area contributed by atoms with Gasteiger partial charge in [0.2, 0.25) is 5.82 Å². The monoisotopic (exact) mass is 324 g/mol. The summed E-state index contributed by atoms with van der Waals surface area (Å²) >= 11 is 0. The summed E-state index contributed by atoms with van der Waals surface area (Å²) in [5, 5.41) is 0. The van der Waals surface area contributed by atoms with Gasteiger partial charge >= 0.3 is 0 Å². The summed E-state index contributed by atoms with van der Waals surface area (Å²) in [4.78, 5) is 0. The molecule has 1 saturated carbocycles. The number of benzene rings is 1. The van der Waals surface area contributed by atoms with Gasteiger partial charge in [-0.2, -0.15) is 4.39 Å². The van der Waals surface area contributed by atoms with Crippen LogP contribution in [0.4, 0.5) is 8.78 Å². The Kier molecular flexibility index (Phi) is 6.86. The van der Waals surface area contributed by atoms with Crippen LogP contribution in [0.1, 0.15) is 69.9 Å². The lowest BCUT2D eigenvalue weighted by Gasteiger charge is -2.28. The predicted molar refractivity (Wildman–Crippen MR) is 90.9 cm³/mol. The summed E-state index contributed by atoms with van der Waals surface area (Å²) in [6, 6.07) is 1.63. The Morgan fingerprint density at radius 3 is 2.17 bits per heavy atom. The third-order valence-electron chi connectivity index (χ3n) is 5.26. The second-order valence-electron chi connectivity index (χ2n) is 6.95. The van der Waals surface area contributed by atoms with Gasteiger partial charge in [0.1, 0.15) is 0 Å². The molecule has 2 rings (SSSR count). The van der Waals surface area contributed by atoms with Crippen LogP contribution in [0.2, 0.25) is 0 Å². The van der Waals surface area contributed by atoms with Crippen molar-refractivity contribution in [2.45, 2.75) is 72.1 Å². The molecule has 0 radical (unpaired) electrons. The van der Waals surface area contributed by atoms with Crippen LogP contribution >= 0.6 is 0 Å². The minimum Gasteiger partial charge on any atom is -0.491 e. The molecule has 0 aromatic heterocycles. The van der Waals surface area contributed by atoms with Crippen LogP contribution in [0.25, 0.3) is 0 Å². The molecular weight excluding hydrogens is 294 g/mol. The van der Waals surface area contributed by atoms with Crippen molar-refractivity contribution in [3.05, 3.63) is 28.8 Å². The minimum atomic E-state index is -0.834. The smallest absolute Gasteiger partial charge is 0.200 e. The number of aryl methyl sites for hydroxylation is 1. The largest absolute Gasteiger partial charge is 0.491 e. The van der Waals surface area contributed by atoms with Gasteiger partial charge in [-0.1, -0.05) is 45.4 Å². The Hall–Kier alpha value is -1.12. The summed E-state index contributed by atoms with van der Waals surface area (Å²) in [7, 11) is 0. The average molecular weight is 324 g/mol. The molecule has 0 unspecified atom stereocenters. The van der Waals surface area contributed by atoms with E-state index in [1.807, 2.05) is 6.92 Å². The van der Waals surface area contributed by atoms with Gasteiger partial charge in [0.05, 0.1) is 6.61 Å². The molecule has 0 bridgehead atoms. The van der Waals surface area contributed by atoms with Gasteiger partial charge in [-0.25, -0.2) is 4.39 Å². The molecule has 0 atom stereocenters. The standard InChI is InChI=1S/C20H30F2O/c1-4-6-15-7-9-16(10-8-15)11-12-17-14(3)13-18(23-5-2)20(22)19(17)21/h13,15-16H,4-12H2,1-3H3. The molecule has 0 spiro atoms. The van der Waals surface area contributed by atoms with Gasteiger partial charge in [-0.05, 0) is 55.7 Å². The fraction of sp³-hybridized carbons (Fsp3) is 0.700. The lowest BCUT2D eigenvalue weighted by Crippen LogP contribution is -2.15. The molecule has 0 N–H and O–H groups in total. The molecule has 0 saturated heterocycles. The van der Waals surface area contributed by atoms with Gasteiger partial charge in [0, 0.05) is 0 Å². The first-order chi connectivity index (χ1) is 11.1. The second kappa shape index (κ2) is 8.65. The highest BCUT2D eigenvalue weighted by Gasteiger charge is 2.22. The molecule has 0 heterocycles. The Bertz CT molecular complexity index is 505. The third-order valence-corrected chi connectivity index (χ3v) is 5.26. The van der Waals surface area contributed by atoms with E-state index < -0.39 is 11.6 Å². The van der Waals surface area contributed by atoms with E-state index in [2.05, 4.69) is 6.92 Å². The maximum atomic E-state index is 14.3. The van der Waals surface area contributed by atoms with Gasteiger partial charge in [-0.15, -0.1) is 0 Å². The van der Waals surface area contributed by atoms with Crippen molar-refractivity contribution in [2.75, 3.05) is 6.61 Å². The van der Waals surface area contributed by atoms with E-state index >= 15 is 0 Å². The zero-order valence-electron chi connectivity index (χ0n) is 14.8. The number of ether oxygens (including phenoxy) is 1. The second-order valence-corrected chi connectivity index (χ2v) is 6.95. The quantitative estimate of drug-likeness (QED) is 0.579. The first kappa shape index (κ1) is 18.2. The molecule has 1 aliphatic carbocycles. The predicted octanol–water partition coefficient (Wildman–Crippen LogP) is 6.21. The van der Waals surface area contributed by atoms with Crippen LogP contribution in [0.15, 0.2) is 6.07 Å². The van der Waals surface area contributed by atoms with Crippen molar-refractivity contribution in [3.8, 4) is 5.75 Å². The van der Waals surface area contributed by atoms with E-state index in [0.717, 1.165) is 17.9 Å². The topological polar surface area (TPSA) is 9.23 Å². The minimum absolute atomic E-state index is 0.0336. The van der Waals surface area contributed by atoms with Crippen molar-refractivity contribution in [3.63, 3.8) is 0 Å². The molecule has 1 fully saturated rings. The van der Waals surface area contributed by atoms with Crippen LogP contribution in [-0.2, 0) is 6.42 Å². The Morgan fingerprint density at radius 1 is 1.00 bits per heavy atom. The Morgan fingerprint density at radius 2 is 1.61 bits per heavy atom. The molecule has 1 aromatic carbocycles. The molecule has 1 aromatic rings. The van der Waals surface area contributed by atoms with Crippen molar-refractivity contribution >= 4 is 0 Å². The molecule has 130 valence electrons. The van der Waals surface area contributed by atoms with Crippen LogP contribution in [0.3, 0.4) is 0 Å². The summed E-state index contributed by atoms with van der Waals surface area (Å²) < 4.78 is 33.5. The molecule has 3 heteroatoms. The molecule has 0 amide bonds. The lowest BCUT2D eigenvalue weighted by atomic mass is 9.78. The van der Waals surface area contributed by atoms with E-state index in [4.69, 9.17) is 4.74 Å². The molecule has 1 aliphatic rings. The van der Waals surface area contributed by atoms with E-state index in [1.165, 1.54) is 38.5 Å². The Labute approximate surface area is 139 Å². The molecule has 23 heavy (non-hydrogen) atoms. The van der Waals surface area contributed by atoms with Crippen molar-refractivity contribution in [1.82, 2.24) is 0 Å². The van der Waals surface area contributed by atoms with E-state index in [1.54, 1.807) is 13.0 Å². The average Bonchev–Trinajstić information content (AvgIpc) is 2.54. The summed E-state index contributed by atoms with van der Waals surface area (Å²) in [6.45, 7) is 6.21. The van der Waals surface area contributed by atoms with Crippen LogP contribution in [0, 0.1) is 30.4 Å². The summed E-state index contributed by atoms with van der Waals surface area (Å²) in [5.41, 5.74) is 1.33. The van der Waals surface area contributed by atoms with Crippen LogP contribution in [-0.4, -0.2) is 6.61 Å². The van der Waals surface area contributed by atoms with Crippen molar-refractivity contribution < 1.29 is 13.5 Å². The van der Waals surface area contributed by atoms with Gasteiger partial charge in [0.15, 0.2) is 11.6 Å². The van der Waals surface area contributed by atoms with Gasteiger partial charge < -0.3 is 4.74 Å². The fourth-order valence-corrected chi connectivity index (χ4v) is 3.89. The fourth-order valence-electron chi connectivity index (χ4n) is 3.89. The highest BCUT2D eigenvalue weighted by atomic mass is 19.2. The zero-order chi connectivity index (χ0) is 16.8. The maximum absolute atomic E-state index is 14.3. The highest BCUT2D eigenvalue weighted by Crippen LogP contribution is 2.35. The number of hydrogen-bond acceptors (Lipinski definition) is 1. The van der Waals surface area contributed by atoms with Gasteiger partial charge in [0.25, 0.3) is 0 Å². The van der Waals surface area contributed by atoms with Crippen LogP contribution in [0.5, 0.6) is 5.75 Å². The molecule has 0 aliphatic heterocycles. The maximum Gasteiger partial charge on any atom is 0.200 e. The Balaban J connectivity index is 1.95. The summed E-state index contributed by atoms with van der Waals surface area (Å²) in [5.74, 6) is 0.0349. The van der Waals surface area contributed by atoms with Crippen molar-refractivity contribution in [2.24, 2.45) is 11.8 Å². The number of halogens is 2. The highest BCUT2D eigenvalue weighted by molar-refractivity contribution is 5.37. The SMILES string of the molecule is CCCC1CCC(CCc2c(C)cc(OCC)c(F)c2F)CC1. The number of rotatable bonds is 7. The van der Waals surface area contributed by atoms with Gasteiger partial charge in [-0.3, -0.25) is 0 Å². The normalized spacial score (nSPS) is 21.4. The van der Waals surface area contributed by atoms with E-state index in [-0.39, 0.29) is 5.75 Å². The molecule has 1 nitrogen and oxygen atoms in total. The van der Waals surface area contributed by atoms with E-state index in [9.17, 15) is 8.78 Å². The molecular formula is C20H30F2O. The third kappa shape index (κ3) is 4.68.